The molecule has 2 aliphatic heterocycles. The largest absolute Gasteiger partial charge is 0.492 e. The zero-order valence-corrected chi connectivity index (χ0v) is 15.1. The molecule has 7 heteroatoms. The second-order valence-electron chi connectivity index (χ2n) is 6.52. The van der Waals surface area contributed by atoms with Crippen molar-refractivity contribution in [2.45, 2.75) is 26.4 Å². The second kappa shape index (κ2) is 6.83. The molecule has 0 fully saturated rings. The molecule has 4 rings (SSSR count). The summed E-state index contributed by atoms with van der Waals surface area (Å²) in [4.78, 5) is 24.1. The minimum Gasteiger partial charge on any atom is -0.492 e. The number of carbonyl (C=O) groups excluding carboxylic acids is 2. The predicted octanol–water partition coefficient (Wildman–Crippen LogP) is 2.99. The van der Waals surface area contributed by atoms with Gasteiger partial charge < -0.3 is 24.8 Å². The highest BCUT2D eigenvalue weighted by atomic mass is 16.5. The molecular weight excluding hydrogens is 348 g/mol. The minimum absolute atomic E-state index is 0.0626. The number of rotatable bonds is 4. The Morgan fingerprint density at radius 2 is 2.15 bits per heavy atom. The van der Waals surface area contributed by atoms with E-state index < -0.39 is 0 Å². The van der Waals surface area contributed by atoms with Gasteiger partial charge in [0.2, 0.25) is 0 Å². The van der Waals surface area contributed by atoms with Gasteiger partial charge >= 0.3 is 0 Å². The lowest BCUT2D eigenvalue weighted by atomic mass is 10.1. The van der Waals surface area contributed by atoms with Crippen LogP contribution in [-0.4, -0.2) is 31.1 Å². The molecule has 2 aliphatic rings. The van der Waals surface area contributed by atoms with Crippen LogP contribution < -0.4 is 24.8 Å². The van der Waals surface area contributed by atoms with Gasteiger partial charge in [-0.1, -0.05) is 0 Å². The number of anilines is 2. The summed E-state index contributed by atoms with van der Waals surface area (Å²) in [5, 5.41) is 5.59. The van der Waals surface area contributed by atoms with Gasteiger partial charge in [0.25, 0.3) is 11.8 Å². The molecule has 140 valence electrons. The predicted molar refractivity (Wildman–Crippen MR) is 99.9 cm³/mol. The van der Waals surface area contributed by atoms with Crippen LogP contribution in [0.4, 0.5) is 11.4 Å². The number of amides is 2. The fourth-order valence-corrected chi connectivity index (χ4v) is 3.22. The summed E-state index contributed by atoms with van der Waals surface area (Å²) in [5.41, 5.74) is 2.60. The van der Waals surface area contributed by atoms with Crippen LogP contribution in [0.15, 0.2) is 30.3 Å². The van der Waals surface area contributed by atoms with E-state index in [0.717, 1.165) is 17.7 Å². The third-order valence-electron chi connectivity index (χ3n) is 4.42. The van der Waals surface area contributed by atoms with E-state index >= 15 is 0 Å². The normalized spacial score (nSPS) is 17.1. The van der Waals surface area contributed by atoms with Crippen molar-refractivity contribution >= 4 is 23.2 Å². The Balaban J connectivity index is 1.59. The number of benzene rings is 2. The van der Waals surface area contributed by atoms with E-state index in [-0.39, 0.29) is 24.5 Å². The van der Waals surface area contributed by atoms with Gasteiger partial charge in [0.1, 0.15) is 23.4 Å². The number of fused-ring (bicyclic) bond motifs is 2. The number of carbonyl (C=O) groups is 2. The second-order valence-corrected chi connectivity index (χ2v) is 6.52. The van der Waals surface area contributed by atoms with Crippen LogP contribution in [0.2, 0.25) is 0 Å². The average molecular weight is 368 g/mol. The van der Waals surface area contributed by atoms with Gasteiger partial charge in [-0.05, 0) is 38.1 Å². The average Bonchev–Trinajstić information content (AvgIpc) is 3.00. The third-order valence-corrected chi connectivity index (χ3v) is 4.42. The van der Waals surface area contributed by atoms with E-state index in [1.807, 2.05) is 19.9 Å². The first-order chi connectivity index (χ1) is 13.0. The Bertz CT molecular complexity index is 925. The van der Waals surface area contributed by atoms with Crippen molar-refractivity contribution in [2.75, 3.05) is 23.8 Å². The van der Waals surface area contributed by atoms with Crippen LogP contribution in [0.25, 0.3) is 0 Å². The van der Waals surface area contributed by atoms with Crippen molar-refractivity contribution in [3.05, 3.63) is 41.5 Å². The molecule has 2 heterocycles. The zero-order chi connectivity index (χ0) is 19.0. The molecule has 0 aliphatic carbocycles. The van der Waals surface area contributed by atoms with Crippen LogP contribution in [0, 0.1) is 0 Å². The van der Waals surface area contributed by atoms with Crippen molar-refractivity contribution < 1.29 is 23.8 Å². The molecule has 0 radical (unpaired) electrons. The van der Waals surface area contributed by atoms with Crippen molar-refractivity contribution in [1.29, 1.82) is 0 Å². The summed E-state index contributed by atoms with van der Waals surface area (Å²) in [5.74, 6) is 1.33. The number of nitrogens with one attached hydrogen (secondary N) is 2. The maximum atomic E-state index is 12.7. The summed E-state index contributed by atoms with van der Waals surface area (Å²) in [6.45, 7) is 4.33. The summed E-state index contributed by atoms with van der Waals surface area (Å²) in [7, 11) is 0. The Labute approximate surface area is 156 Å². The van der Waals surface area contributed by atoms with E-state index in [2.05, 4.69) is 10.6 Å². The molecular formula is C20H20N2O5. The molecule has 2 amide bonds. The van der Waals surface area contributed by atoms with Gasteiger partial charge in [-0.25, -0.2) is 0 Å². The highest BCUT2D eigenvalue weighted by Gasteiger charge is 2.23. The summed E-state index contributed by atoms with van der Waals surface area (Å²) >= 11 is 0. The Kier molecular flexibility index (Phi) is 4.35. The van der Waals surface area contributed by atoms with Crippen molar-refractivity contribution in [1.82, 2.24) is 0 Å². The lowest BCUT2D eigenvalue weighted by Crippen LogP contribution is -2.25. The van der Waals surface area contributed by atoms with Crippen LogP contribution >= 0.6 is 0 Å². The molecule has 2 aromatic rings. The molecule has 2 N–H and O–H groups in total. The highest BCUT2D eigenvalue weighted by molar-refractivity contribution is 6.06. The minimum atomic E-state index is -0.301. The molecule has 0 spiro atoms. The van der Waals surface area contributed by atoms with Gasteiger partial charge in [0.05, 0.1) is 18.0 Å². The fraction of sp³-hybridized carbons (Fsp3) is 0.300. The van der Waals surface area contributed by atoms with E-state index in [9.17, 15) is 9.59 Å². The van der Waals surface area contributed by atoms with Gasteiger partial charge in [0.15, 0.2) is 6.61 Å². The molecule has 2 aromatic carbocycles. The van der Waals surface area contributed by atoms with Crippen LogP contribution in [0.3, 0.4) is 0 Å². The van der Waals surface area contributed by atoms with E-state index in [4.69, 9.17) is 14.2 Å². The van der Waals surface area contributed by atoms with Gasteiger partial charge in [-0.2, -0.15) is 0 Å². The first-order valence-corrected chi connectivity index (χ1v) is 8.88. The quantitative estimate of drug-likeness (QED) is 0.866. The van der Waals surface area contributed by atoms with Crippen molar-refractivity contribution in [3.8, 4) is 17.2 Å². The van der Waals surface area contributed by atoms with Crippen LogP contribution in [0.1, 0.15) is 29.8 Å². The number of ether oxygens (including phenoxy) is 3. The van der Waals surface area contributed by atoms with Gasteiger partial charge in [-0.3, -0.25) is 9.59 Å². The first kappa shape index (κ1) is 17.2. The van der Waals surface area contributed by atoms with E-state index in [1.54, 1.807) is 24.3 Å². The fourth-order valence-electron chi connectivity index (χ4n) is 3.22. The molecule has 0 unspecified atom stereocenters. The lowest BCUT2D eigenvalue weighted by molar-refractivity contribution is -0.118. The number of hydrogen-bond donors (Lipinski definition) is 2. The summed E-state index contributed by atoms with van der Waals surface area (Å²) < 4.78 is 16.9. The molecule has 0 aromatic heterocycles. The molecule has 0 bridgehead atoms. The van der Waals surface area contributed by atoms with Gasteiger partial charge in [-0.15, -0.1) is 0 Å². The molecule has 7 nitrogen and oxygen atoms in total. The zero-order valence-electron chi connectivity index (χ0n) is 15.1. The molecule has 0 saturated heterocycles. The van der Waals surface area contributed by atoms with Gasteiger partial charge in [0, 0.05) is 23.6 Å². The Morgan fingerprint density at radius 1 is 1.30 bits per heavy atom. The summed E-state index contributed by atoms with van der Waals surface area (Å²) in [6.07, 6.45) is 0.922. The lowest BCUT2D eigenvalue weighted by Gasteiger charge is -2.18. The van der Waals surface area contributed by atoms with Crippen LogP contribution in [0.5, 0.6) is 17.2 Å². The highest BCUT2D eigenvalue weighted by Crippen LogP contribution is 2.38. The van der Waals surface area contributed by atoms with E-state index in [0.29, 0.717) is 35.0 Å². The van der Waals surface area contributed by atoms with Crippen molar-refractivity contribution in [3.63, 3.8) is 0 Å². The maximum Gasteiger partial charge on any atom is 0.262 e. The Hall–Kier alpha value is -3.22. The number of hydrogen-bond acceptors (Lipinski definition) is 5. The maximum absolute atomic E-state index is 12.7. The molecule has 1 atom stereocenters. The van der Waals surface area contributed by atoms with Crippen molar-refractivity contribution in [2.24, 2.45) is 0 Å². The topological polar surface area (TPSA) is 85.9 Å². The monoisotopic (exact) mass is 368 g/mol. The first-order valence-electron chi connectivity index (χ1n) is 8.88. The standard InChI is InChI=1S/C20H20N2O5/c1-3-25-18-8-13-6-11(2)27-16(13)9-15(18)22-20(24)12-4-5-14-17(7-12)26-10-19(23)21-14/h4-5,7-9,11H,3,6,10H2,1-2H3,(H,21,23)(H,22,24)/t11-/m1/s1. The summed E-state index contributed by atoms with van der Waals surface area (Å²) in [6, 6.07) is 8.62. The third kappa shape index (κ3) is 3.40. The SMILES string of the molecule is CCOc1cc2c(cc1NC(=O)c1ccc3c(c1)OCC(=O)N3)O[C@H](C)C2. The Morgan fingerprint density at radius 3 is 2.96 bits per heavy atom. The molecule has 27 heavy (non-hydrogen) atoms. The molecule has 0 saturated carbocycles. The van der Waals surface area contributed by atoms with E-state index in [1.165, 1.54) is 0 Å². The smallest absolute Gasteiger partial charge is 0.262 e. The van der Waals surface area contributed by atoms with Crippen LogP contribution in [-0.2, 0) is 11.2 Å².